The van der Waals surface area contributed by atoms with Crippen LogP contribution in [-0.2, 0) is 0 Å². The molecule has 0 radical (unpaired) electrons. The van der Waals surface area contributed by atoms with Crippen LogP contribution in [0.2, 0.25) is 5.02 Å². The molecule has 0 spiro atoms. The molecule has 76 valence electrons. The predicted molar refractivity (Wildman–Crippen MR) is 60.8 cm³/mol. The minimum atomic E-state index is 0.240. The summed E-state index contributed by atoms with van der Waals surface area (Å²) in [5.74, 6) is 0.742. The minimum absolute atomic E-state index is 0.240. The predicted octanol–water partition coefficient (Wildman–Crippen LogP) is 2.97. The molecule has 0 aliphatic heterocycles. The van der Waals surface area contributed by atoms with E-state index in [4.69, 9.17) is 22.1 Å². The van der Waals surface area contributed by atoms with Gasteiger partial charge in [0.2, 0.25) is 0 Å². The van der Waals surface area contributed by atoms with Crippen LogP contribution < -0.4 is 10.5 Å². The van der Waals surface area contributed by atoms with E-state index in [0.29, 0.717) is 11.1 Å². The number of nitrogens with two attached hydrogens (primary N) is 1. The van der Waals surface area contributed by atoms with Gasteiger partial charge in [0.1, 0.15) is 11.9 Å². The first kappa shape index (κ1) is 10.3. The average molecular weight is 277 g/mol. The van der Waals surface area contributed by atoms with Crippen LogP contribution in [0.3, 0.4) is 0 Å². The molecule has 0 atom stereocenters. The Labute approximate surface area is 96.5 Å². The van der Waals surface area contributed by atoms with E-state index in [1.165, 1.54) is 0 Å². The highest BCUT2D eigenvalue weighted by molar-refractivity contribution is 9.10. The van der Waals surface area contributed by atoms with Gasteiger partial charge in [-0.15, -0.1) is 0 Å². The van der Waals surface area contributed by atoms with Crippen LogP contribution in [-0.4, -0.2) is 12.1 Å². The monoisotopic (exact) mass is 275 g/mol. The lowest BCUT2D eigenvalue weighted by molar-refractivity contribution is 0.101. The Morgan fingerprint density at radius 2 is 2.14 bits per heavy atom. The topological polar surface area (TPSA) is 35.2 Å². The van der Waals surface area contributed by atoms with Crippen molar-refractivity contribution in [2.75, 3.05) is 0 Å². The number of halogens is 2. The summed E-state index contributed by atoms with van der Waals surface area (Å²) in [6.45, 7) is 0. The Hall–Kier alpha value is -0.250. The summed E-state index contributed by atoms with van der Waals surface area (Å²) in [6, 6.07) is 5.92. The Kier molecular flexibility index (Phi) is 3.00. The third kappa shape index (κ3) is 2.22. The van der Waals surface area contributed by atoms with E-state index in [9.17, 15) is 0 Å². The van der Waals surface area contributed by atoms with Gasteiger partial charge in [0.15, 0.2) is 0 Å². The highest BCUT2D eigenvalue weighted by Gasteiger charge is 2.28. The molecule has 0 saturated heterocycles. The molecule has 1 fully saturated rings. The van der Waals surface area contributed by atoms with Gasteiger partial charge in [0.05, 0.1) is 5.02 Å². The molecule has 2 N–H and O–H groups in total. The second kappa shape index (κ2) is 4.09. The molecule has 0 bridgehead atoms. The quantitative estimate of drug-likeness (QED) is 0.901. The summed E-state index contributed by atoms with van der Waals surface area (Å²) >= 11 is 9.35. The lowest BCUT2D eigenvalue weighted by atomic mass is 9.90. The van der Waals surface area contributed by atoms with Gasteiger partial charge >= 0.3 is 0 Å². The fraction of sp³-hybridized carbons (Fsp3) is 0.400. The largest absolute Gasteiger partial charge is 0.489 e. The molecule has 1 saturated carbocycles. The minimum Gasteiger partial charge on any atom is -0.489 e. The van der Waals surface area contributed by atoms with Gasteiger partial charge in [-0.25, -0.2) is 0 Å². The SMILES string of the molecule is NC1CC(Oc2ccc(Br)cc2Cl)C1. The Morgan fingerprint density at radius 1 is 1.43 bits per heavy atom. The van der Waals surface area contributed by atoms with E-state index in [1.807, 2.05) is 18.2 Å². The molecular formula is C10H11BrClNO. The van der Waals surface area contributed by atoms with E-state index in [0.717, 1.165) is 23.1 Å². The fourth-order valence-electron chi connectivity index (χ4n) is 1.45. The zero-order valence-electron chi connectivity index (χ0n) is 7.54. The van der Waals surface area contributed by atoms with E-state index in [1.54, 1.807) is 0 Å². The average Bonchev–Trinajstić information content (AvgIpc) is 2.06. The molecule has 1 aromatic rings. The molecule has 1 aliphatic rings. The van der Waals surface area contributed by atoms with E-state index < -0.39 is 0 Å². The summed E-state index contributed by atoms with van der Waals surface area (Å²) in [7, 11) is 0. The summed E-state index contributed by atoms with van der Waals surface area (Å²) in [4.78, 5) is 0. The van der Waals surface area contributed by atoms with Gasteiger partial charge in [-0.05, 0) is 31.0 Å². The first-order valence-corrected chi connectivity index (χ1v) is 5.69. The van der Waals surface area contributed by atoms with Crippen molar-refractivity contribution in [3.63, 3.8) is 0 Å². The number of ether oxygens (including phenoxy) is 1. The Bertz CT molecular complexity index is 339. The molecule has 0 heterocycles. The standard InChI is InChI=1S/C10H11BrClNO/c11-6-1-2-10(9(12)3-6)14-8-4-7(13)5-8/h1-3,7-8H,4-5,13H2. The number of hydrogen-bond acceptors (Lipinski definition) is 2. The molecule has 14 heavy (non-hydrogen) atoms. The molecule has 2 nitrogen and oxygen atoms in total. The molecule has 0 amide bonds. The maximum atomic E-state index is 6.00. The van der Waals surface area contributed by atoms with Gasteiger partial charge in [-0.1, -0.05) is 27.5 Å². The van der Waals surface area contributed by atoms with Crippen LogP contribution in [0, 0.1) is 0 Å². The highest BCUT2D eigenvalue weighted by atomic mass is 79.9. The molecular weight excluding hydrogens is 265 g/mol. The van der Waals surface area contributed by atoms with Crippen LogP contribution in [0.5, 0.6) is 5.75 Å². The van der Waals surface area contributed by atoms with Crippen molar-refractivity contribution in [2.45, 2.75) is 25.0 Å². The van der Waals surface area contributed by atoms with Crippen molar-refractivity contribution in [1.29, 1.82) is 0 Å². The second-order valence-electron chi connectivity index (χ2n) is 3.55. The van der Waals surface area contributed by atoms with Crippen molar-refractivity contribution in [1.82, 2.24) is 0 Å². The summed E-state index contributed by atoms with van der Waals surface area (Å²) in [5, 5.41) is 0.639. The second-order valence-corrected chi connectivity index (χ2v) is 4.87. The van der Waals surface area contributed by atoms with E-state index in [-0.39, 0.29) is 6.10 Å². The van der Waals surface area contributed by atoms with E-state index in [2.05, 4.69) is 15.9 Å². The van der Waals surface area contributed by atoms with Crippen LogP contribution in [0.15, 0.2) is 22.7 Å². The first-order chi connectivity index (χ1) is 6.65. The van der Waals surface area contributed by atoms with Gasteiger partial charge in [-0.3, -0.25) is 0 Å². The first-order valence-electron chi connectivity index (χ1n) is 4.52. The zero-order chi connectivity index (χ0) is 10.1. The lowest BCUT2D eigenvalue weighted by Crippen LogP contribution is -2.43. The molecule has 1 aromatic carbocycles. The van der Waals surface area contributed by atoms with Gasteiger partial charge in [0, 0.05) is 10.5 Å². The lowest BCUT2D eigenvalue weighted by Gasteiger charge is -2.32. The summed E-state index contributed by atoms with van der Waals surface area (Å²) in [6.07, 6.45) is 2.09. The van der Waals surface area contributed by atoms with Crippen LogP contribution in [0.25, 0.3) is 0 Å². The van der Waals surface area contributed by atoms with Gasteiger partial charge in [-0.2, -0.15) is 0 Å². The third-order valence-electron chi connectivity index (χ3n) is 2.32. The van der Waals surface area contributed by atoms with Crippen molar-refractivity contribution in [2.24, 2.45) is 5.73 Å². The molecule has 1 aliphatic carbocycles. The summed E-state index contributed by atoms with van der Waals surface area (Å²) in [5.41, 5.74) is 5.66. The highest BCUT2D eigenvalue weighted by Crippen LogP contribution is 2.31. The normalized spacial score (nSPS) is 25.6. The molecule has 2 rings (SSSR count). The molecule has 0 unspecified atom stereocenters. The van der Waals surface area contributed by atoms with Gasteiger partial charge in [0.25, 0.3) is 0 Å². The number of hydrogen-bond donors (Lipinski definition) is 1. The number of rotatable bonds is 2. The van der Waals surface area contributed by atoms with Gasteiger partial charge < -0.3 is 10.5 Å². The third-order valence-corrected chi connectivity index (χ3v) is 3.11. The fourth-order valence-corrected chi connectivity index (χ4v) is 2.17. The van der Waals surface area contributed by atoms with Crippen LogP contribution in [0.4, 0.5) is 0 Å². The Balaban J connectivity index is 2.02. The zero-order valence-corrected chi connectivity index (χ0v) is 9.88. The maximum Gasteiger partial charge on any atom is 0.138 e. The van der Waals surface area contributed by atoms with Crippen LogP contribution in [0.1, 0.15) is 12.8 Å². The smallest absolute Gasteiger partial charge is 0.138 e. The molecule has 0 aromatic heterocycles. The number of benzene rings is 1. The molecule has 4 heteroatoms. The summed E-state index contributed by atoms with van der Waals surface area (Å²) < 4.78 is 6.63. The van der Waals surface area contributed by atoms with E-state index >= 15 is 0 Å². The van der Waals surface area contributed by atoms with Crippen molar-refractivity contribution < 1.29 is 4.74 Å². The Morgan fingerprint density at radius 3 is 2.71 bits per heavy atom. The van der Waals surface area contributed by atoms with Crippen molar-refractivity contribution >= 4 is 27.5 Å². The van der Waals surface area contributed by atoms with Crippen LogP contribution >= 0.6 is 27.5 Å². The van der Waals surface area contributed by atoms with Crippen molar-refractivity contribution in [3.8, 4) is 5.75 Å². The maximum absolute atomic E-state index is 6.00. The van der Waals surface area contributed by atoms with Crippen molar-refractivity contribution in [3.05, 3.63) is 27.7 Å².